The summed E-state index contributed by atoms with van der Waals surface area (Å²) in [6.45, 7) is -0.708. The van der Waals surface area contributed by atoms with Gasteiger partial charge < -0.3 is 5.11 Å². The number of halogens is 2. The summed E-state index contributed by atoms with van der Waals surface area (Å²) in [4.78, 5) is 11.3. The number of rotatable bonds is 3. The van der Waals surface area contributed by atoms with Crippen LogP contribution in [0.2, 0.25) is 5.02 Å². The van der Waals surface area contributed by atoms with Gasteiger partial charge in [0.25, 0.3) is 0 Å². The van der Waals surface area contributed by atoms with Crippen LogP contribution in [0, 0.1) is 0 Å². The van der Waals surface area contributed by atoms with Gasteiger partial charge in [-0.2, -0.15) is 0 Å². The summed E-state index contributed by atoms with van der Waals surface area (Å²) in [7, 11) is 0. The van der Waals surface area contributed by atoms with E-state index in [4.69, 9.17) is 11.6 Å². The third kappa shape index (κ3) is 2.57. The Labute approximate surface area is 85.6 Å². The highest BCUT2D eigenvalue weighted by Gasteiger charge is 2.07. The zero-order valence-corrected chi connectivity index (χ0v) is 7.96. The fraction of sp³-hybridized carbons (Fsp3) is 0.100. The number of allylic oxidation sites excluding steroid dienone is 2. The number of hydrogen-bond acceptors (Lipinski definition) is 2. The molecule has 14 heavy (non-hydrogen) atoms. The normalized spacial score (nSPS) is 10.7. The molecule has 0 atom stereocenters. The lowest BCUT2D eigenvalue weighted by Gasteiger charge is -1.99. The van der Waals surface area contributed by atoms with Gasteiger partial charge in [-0.25, -0.2) is 4.39 Å². The van der Waals surface area contributed by atoms with E-state index < -0.39 is 12.5 Å². The van der Waals surface area contributed by atoms with E-state index in [0.717, 1.165) is 12.2 Å². The second kappa shape index (κ2) is 4.77. The largest absolute Gasteiger partial charge is 0.507 e. The summed E-state index contributed by atoms with van der Waals surface area (Å²) in [5.74, 6) is -0.650. The first kappa shape index (κ1) is 10.7. The first-order valence-corrected chi connectivity index (χ1v) is 4.28. The van der Waals surface area contributed by atoms with E-state index in [2.05, 4.69) is 0 Å². The van der Waals surface area contributed by atoms with Gasteiger partial charge >= 0.3 is 0 Å². The number of hydrogen-bond donors (Lipinski definition) is 1. The third-order valence-electron chi connectivity index (χ3n) is 1.58. The van der Waals surface area contributed by atoms with Gasteiger partial charge in [0, 0.05) is 5.02 Å². The molecule has 0 spiro atoms. The van der Waals surface area contributed by atoms with Gasteiger partial charge in [-0.3, -0.25) is 4.79 Å². The van der Waals surface area contributed by atoms with E-state index >= 15 is 0 Å². The van der Waals surface area contributed by atoms with Crippen molar-refractivity contribution in [1.29, 1.82) is 0 Å². The van der Waals surface area contributed by atoms with Gasteiger partial charge in [-0.05, 0) is 30.4 Å². The minimum Gasteiger partial charge on any atom is -0.507 e. The van der Waals surface area contributed by atoms with Crippen molar-refractivity contribution in [2.75, 3.05) is 6.67 Å². The Kier molecular flexibility index (Phi) is 3.65. The van der Waals surface area contributed by atoms with Crippen LogP contribution in [0.4, 0.5) is 4.39 Å². The number of aromatic hydroxyl groups is 1. The maximum atomic E-state index is 11.7. The van der Waals surface area contributed by atoms with Crippen molar-refractivity contribution in [2.24, 2.45) is 0 Å². The molecule has 0 unspecified atom stereocenters. The Balaban J connectivity index is 2.96. The van der Waals surface area contributed by atoms with Crippen LogP contribution in [0.1, 0.15) is 10.4 Å². The summed E-state index contributed by atoms with van der Waals surface area (Å²) >= 11 is 5.58. The van der Waals surface area contributed by atoms with Crippen LogP contribution in [0.25, 0.3) is 0 Å². The van der Waals surface area contributed by atoms with Crippen molar-refractivity contribution in [2.45, 2.75) is 0 Å². The molecule has 0 aromatic heterocycles. The van der Waals surface area contributed by atoms with Gasteiger partial charge in [0.1, 0.15) is 12.4 Å². The average molecular weight is 215 g/mol. The maximum absolute atomic E-state index is 11.7. The second-order valence-corrected chi connectivity index (χ2v) is 3.02. The van der Waals surface area contributed by atoms with Crippen molar-refractivity contribution >= 4 is 17.4 Å². The van der Waals surface area contributed by atoms with Crippen LogP contribution in [-0.4, -0.2) is 17.6 Å². The van der Waals surface area contributed by atoms with Gasteiger partial charge in [0.15, 0.2) is 5.78 Å². The molecule has 4 heteroatoms. The fourth-order valence-corrected chi connectivity index (χ4v) is 1.12. The molecule has 0 heterocycles. The molecule has 1 aromatic carbocycles. The van der Waals surface area contributed by atoms with Crippen LogP contribution < -0.4 is 0 Å². The predicted octanol–water partition coefficient (Wildman–Crippen LogP) is 2.75. The van der Waals surface area contributed by atoms with Crippen LogP contribution >= 0.6 is 11.6 Å². The van der Waals surface area contributed by atoms with Gasteiger partial charge in [0.2, 0.25) is 0 Å². The molecule has 1 aromatic rings. The number of benzene rings is 1. The molecule has 0 amide bonds. The van der Waals surface area contributed by atoms with E-state index in [9.17, 15) is 14.3 Å². The lowest BCUT2D eigenvalue weighted by molar-refractivity contribution is 0.104. The SMILES string of the molecule is O=C(/C=C/CF)c1ccc(Cl)cc1O. The topological polar surface area (TPSA) is 37.3 Å². The van der Waals surface area contributed by atoms with Gasteiger partial charge in [-0.1, -0.05) is 11.6 Å². The Morgan fingerprint density at radius 1 is 1.57 bits per heavy atom. The Morgan fingerprint density at radius 2 is 2.29 bits per heavy atom. The molecule has 2 nitrogen and oxygen atoms in total. The standard InChI is InChI=1S/C10H8ClFO2/c11-7-3-4-8(10(14)6-7)9(13)2-1-5-12/h1-4,6,14H,5H2/b2-1+. The van der Waals surface area contributed by atoms with Crippen molar-refractivity contribution in [1.82, 2.24) is 0 Å². The number of phenols is 1. The molecule has 0 fully saturated rings. The molecule has 1 N–H and O–H groups in total. The molecule has 0 aliphatic carbocycles. The van der Waals surface area contributed by atoms with Crippen LogP contribution in [0.5, 0.6) is 5.75 Å². The first-order valence-electron chi connectivity index (χ1n) is 3.90. The molecular formula is C10H8ClFO2. The van der Waals surface area contributed by atoms with Gasteiger partial charge in [0.05, 0.1) is 5.56 Å². The quantitative estimate of drug-likeness (QED) is 0.621. The first-order chi connectivity index (χ1) is 6.65. The Morgan fingerprint density at radius 3 is 2.86 bits per heavy atom. The molecule has 0 radical (unpaired) electrons. The monoisotopic (exact) mass is 214 g/mol. The van der Waals surface area contributed by atoms with Gasteiger partial charge in [-0.15, -0.1) is 0 Å². The fourth-order valence-electron chi connectivity index (χ4n) is 0.955. The summed E-state index contributed by atoms with van der Waals surface area (Å²) < 4.78 is 11.7. The van der Waals surface area contributed by atoms with Crippen LogP contribution in [0.3, 0.4) is 0 Å². The number of phenolic OH excluding ortho intramolecular Hbond substituents is 1. The Hall–Kier alpha value is -1.35. The predicted molar refractivity (Wildman–Crippen MR) is 52.6 cm³/mol. The molecule has 1 rings (SSSR count). The molecular weight excluding hydrogens is 207 g/mol. The minimum atomic E-state index is -0.708. The molecule has 0 bridgehead atoms. The highest BCUT2D eigenvalue weighted by Crippen LogP contribution is 2.22. The smallest absolute Gasteiger partial charge is 0.189 e. The highest BCUT2D eigenvalue weighted by molar-refractivity contribution is 6.31. The summed E-state index contributed by atoms with van der Waals surface area (Å²) in [6, 6.07) is 4.14. The molecule has 0 aliphatic rings. The number of ketones is 1. The summed E-state index contributed by atoms with van der Waals surface area (Å²) in [5.41, 5.74) is 0.110. The zero-order chi connectivity index (χ0) is 10.6. The van der Waals surface area contributed by atoms with Crippen molar-refractivity contribution in [3.05, 3.63) is 40.9 Å². The van der Waals surface area contributed by atoms with E-state index in [0.29, 0.717) is 5.02 Å². The Bertz CT molecular complexity index is 374. The summed E-state index contributed by atoms with van der Waals surface area (Å²) in [6.07, 6.45) is 2.15. The van der Waals surface area contributed by atoms with Crippen LogP contribution in [-0.2, 0) is 0 Å². The molecule has 74 valence electrons. The number of alkyl halides is 1. The van der Waals surface area contributed by atoms with Crippen molar-refractivity contribution < 1.29 is 14.3 Å². The summed E-state index contributed by atoms with van der Waals surface area (Å²) in [5, 5.41) is 9.67. The highest BCUT2D eigenvalue weighted by atomic mass is 35.5. The van der Waals surface area contributed by atoms with E-state index in [1.807, 2.05) is 0 Å². The molecule has 0 aliphatic heterocycles. The van der Waals surface area contributed by atoms with E-state index in [1.165, 1.54) is 18.2 Å². The van der Waals surface area contributed by atoms with E-state index in [1.54, 1.807) is 0 Å². The number of carbonyl (C=O) groups excluding carboxylic acids is 1. The van der Waals surface area contributed by atoms with Crippen molar-refractivity contribution in [3.63, 3.8) is 0 Å². The zero-order valence-electron chi connectivity index (χ0n) is 7.21. The second-order valence-electron chi connectivity index (χ2n) is 2.58. The van der Waals surface area contributed by atoms with E-state index in [-0.39, 0.29) is 11.3 Å². The number of carbonyl (C=O) groups is 1. The minimum absolute atomic E-state index is 0.110. The van der Waals surface area contributed by atoms with Crippen LogP contribution in [0.15, 0.2) is 30.4 Å². The third-order valence-corrected chi connectivity index (χ3v) is 1.82. The molecule has 0 saturated carbocycles. The average Bonchev–Trinajstić information content (AvgIpc) is 2.14. The maximum Gasteiger partial charge on any atom is 0.189 e. The van der Waals surface area contributed by atoms with Crippen molar-refractivity contribution in [3.8, 4) is 5.75 Å². The molecule has 0 saturated heterocycles. The lowest BCUT2D eigenvalue weighted by Crippen LogP contribution is -1.94. The lowest BCUT2D eigenvalue weighted by atomic mass is 10.1.